The summed E-state index contributed by atoms with van der Waals surface area (Å²) in [5.74, 6) is -0.289. The molecule has 1 heterocycles. The molecule has 0 unspecified atom stereocenters. The molecule has 0 saturated carbocycles. The van der Waals surface area contributed by atoms with Crippen molar-refractivity contribution >= 4 is 28.8 Å². The predicted octanol–water partition coefficient (Wildman–Crippen LogP) is 1.24. The van der Waals surface area contributed by atoms with E-state index in [-0.39, 0.29) is 18.4 Å². The summed E-state index contributed by atoms with van der Waals surface area (Å²) < 4.78 is 0. The number of carbonyl (C=O) groups excluding carboxylic acids is 2. The number of anilines is 1. The smallest absolute Gasteiger partial charge is 0.264 e. The molecular formula is C12H19N3O2S. The van der Waals surface area contributed by atoms with Crippen molar-refractivity contribution < 1.29 is 9.59 Å². The molecule has 18 heavy (non-hydrogen) atoms. The van der Waals surface area contributed by atoms with Gasteiger partial charge in [-0.15, -0.1) is 11.3 Å². The Morgan fingerprint density at radius 3 is 2.56 bits per heavy atom. The molecule has 0 saturated heterocycles. The number of nitrogens with two attached hydrogens (primary N) is 1. The zero-order valence-corrected chi connectivity index (χ0v) is 11.8. The minimum absolute atomic E-state index is 0.0834. The van der Waals surface area contributed by atoms with Gasteiger partial charge < -0.3 is 16.0 Å². The van der Waals surface area contributed by atoms with E-state index in [1.54, 1.807) is 6.07 Å². The van der Waals surface area contributed by atoms with Crippen LogP contribution in [-0.2, 0) is 4.79 Å². The highest BCUT2D eigenvalue weighted by molar-refractivity contribution is 7.14. The molecule has 0 fully saturated rings. The highest BCUT2D eigenvalue weighted by Crippen LogP contribution is 2.24. The SMILES string of the molecule is CCNC(=O)CN(CC)C(=O)c1cc(N)c(C)s1. The number of hydrogen-bond donors (Lipinski definition) is 2. The van der Waals surface area contributed by atoms with Crippen LogP contribution in [-0.4, -0.2) is 36.3 Å². The number of hydrogen-bond acceptors (Lipinski definition) is 4. The largest absolute Gasteiger partial charge is 0.398 e. The third kappa shape index (κ3) is 3.46. The van der Waals surface area contributed by atoms with Crippen molar-refractivity contribution in [1.29, 1.82) is 0 Å². The summed E-state index contributed by atoms with van der Waals surface area (Å²) in [6.07, 6.45) is 0. The van der Waals surface area contributed by atoms with Crippen LogP contribution in [0.4, 0.5) is 5.69 Å². The Morgan fingerprint density at radius 1 is 1.44 bits per heavy atom. The molecule has 1 aromatic heterocycles. The van der Waals surface area contributed by atoms with Gasteiger partial charge in [-0.1, -0.05) is 0 Å². The number of rotatable bonds is 5. The van der Waals surface area contributed by atoms with Crippen molar-refractivity contribution in [2.45, 2.75) is 20.8 Å². The molecule has 0 aliphatic heterocycles. The van der Waals surface area contributed by atoms with Gasteiger partial charge in [0.2, 0.25) is 5.91 Å². The van der Waals surface area contributed by atoms with E-state index < -0.39 is 0 Å². The van der Waals surface area contributed by atoms with E-state index in [2.05, 4.69) is 5.32 Å². The van der Waals surface area contributed by atoms with Gasteiger partial charge in [0.1, 0.15) is 0 Å². The second-order valence-electron chi connectivity index (χ2n) is 3.90. The molecule has 0 aromatic carbocycles. The Hall–Kier alpha value is -1.56. The number of carbonyl (C=O) groups is 2. The number of likely N-dealkylation sites (N-methyl/N-ethyl adjacent to an activating group) is 2. The molecular weight excluding hydrogens is 250 g/mol. The monoisotopic (exact) mass is 269 g/mol. The highest BCUT2D eigenvalue weighted by Gasteiger charge is 2.19. The molecule has 0 atom stereocenters. The summed E-state index contributed by atoms with van der Waals surface area (Å²) >= 11 is 1.36. The van der Waals surface area contributed by atoms with Crippen LogP contribution in [0.25, 0.3) is 0 Å². The van der Waals surface area contributed by atoms with Gasteiger partial charge in [-0.2, -0.15) is 0 Å². The van der Waals surface area contributed by atoms with Gasteiger partial charge >= 0.3 is 0 Å². The number of nitrogens with zero attached hydrogens (tertiary/aromatic N) is 1. The van der Waals surface area contributed by atoms with E-state index in [0.717, 1.165) is 4.88 Å². The summed E-state index contributed by atoms with van der Waals surface area (Å²) in [4.78, 5) is 26.7. The quantitative estimate of drug-likeness (QED) is 0.844. The first-order chi connectivity index (χ1) is 8.49. The lowest BCUT2D eigenvalue weighted by atomic mass is 10.3. The van der Waals surface area contributed by atoms with E-state index >= 15 is 0 Å². The molecule has 0 bridgehead atoms. The van der Waals surface area contributed by atoms with Gasteiger partial charge in [-0.3, -0.25) is 9.59 Å². The third-order valence-corrected chi connectivity index (χ3v) is 3.60. The molecule has 0 aliphatic carbocycles. The van der Waals surface area contributed by atoms with Gasteiger partial charge in [0.25, 0.3) is 5.91 Å². The molecule has 0 spiro atoms. The maximum atomic E-state index is 12.2. The first kappa shape index (κ1) is 14.5. The first-order valence-corrected chi connectivity index (χ1v) is 6.73. The summed E-state index contributed by atoms with van der Waals surface area (Å²) in [5, 5.41) is 2.68. The molecule has 0 radical (unpaired) electrons. The fourth-order valence-electron chi connectivity index (χ4n) is 1.51. The number of amides is 2. The second kappa shape index (κ2) is 6.39. The Balaban J connectivity index is 2.76. The number of nitrogen functional groups attached to an aromatic ring is 1. The van der Waals surface area contributed by atoms with Crippen LogP contribution in [0, 0.1) is 6.92 Å². The normalized spacial score (nSPS) is 10.2. The van der Waals surface area contributed by atoms with Gasteiger partial charge in [-0.25, -0.2) is 0 Å². The Bertz CT molecular complexity index is 423. The van der Waals surface area contributed by atoms with Crippen molar-refractivity contribution in [3.63, 3.8) is 0 Å². The average Bonchev–Trinajstić information content (AvgIpc) is 2.66. The lowest BCUT2D eigenvalue weighted by molar-refractivity contribution is -0.121. The van der Waals surface area contributed by atoms with E-state index in [1.807, 2.05) is 20.8 Å². The summed E-state index contributed by atoms with van der Waals surface area (Å²) in [6.45, 7) is 6.71. The van der Waals surface area contributed by atoms with Crippen LogP contribution in [0.2, 0.25) is 0 Å². The topological polar surface area (TPSA) is 75.4 Å². The van der Waals surface area contributed by atoms with Gasteiger partial charge in [0.15, 0.2) is 0 Å². The van der Waals surface area contributed by atoms with Crippen LogP contribution in [0.15, 0.2) is 6.07 Å². The van der Waals surface area contributed by atoms with Crippen molar-refractivity contribution in [1.82, 2.24) is 10.2 Å². The summed E-state index contributed by atoms with van der Waals surface area (Å²) in [6, 6.07) is 1.67. The Labute approximate surface area is 111 Å². The number of aryl methyl sites for hydroxylation is 1. The predicted molar refractivity (Wildman–Crippen MR) is 73.7 cm³/mol. The van der Waals surface area contributed by atoms with Gasteiger partial charge in [0, 0.05) is 23.7 Å². The molecule has 6 heteroatoms. The Morgan fingerprint density at radius 2 is 2.11 bits per heavy atom. The van der Waals surface area contributed by atoms with Crippen molar-refractivity contribution in [2.24, 2.45) is 0 Å². The van der Waals surface area contributed by atoms with Crippen LogP contribution >= 0.6 is 11.3 Å². The van der Waals surface area contributed by atoms with Crippen molar-refractivity contribution in [3.8, 4) is 0 Å². The molecule has 1 aromatic rings. The maximum absolute atomic E-state index is 12.2. The highest BCUT2D eigenvalue weighted by atomic mass is 32.1. The minimum Gasteiger partial charge on any atom is -0.398 e. The molecule has 100 valence electrons. The Kier molecular flexibility index (Phi) is 5.15. The number of thiophene rings is 1. The van der Waals surface area contributed by atoms with Crippen molar-refractivity contribution in [2.75, 3.05) is 25.4 Å². The molecule has 3 N–H and O–H groups in total. The van der Waals surface area contributed by atoms with E-state index in [9.17, 15) is 9.59 Å². The average molecular weight is 269 g/mol. The minimum atomic E-state index is -0.145. The van der Waals surface area contributed by atoms with Crippen molar-refractivity contribution in [3.05, 3.63) is 15.8 Å². The van der Waals surface area contributed by atoms with Gasteiger partial charge in [-0.05, 0) is 26.8 Å². The zero-order chi connectivity index (χ0) is 13.7. The molecule has 2 amide bonds. The standard InChI is InChI=1S/C12H19N3O2S/c1-4-14-11(16)7-15(5-2)12(17)10-6-9(13)8(3)18-10/h6H,4-5,7,13H2,1-3H3,(H,14,16). The molecule has 1 rings (SSSR count). The zero-order valence-electron chi connectivity index (χ0n) is 10.9. The fraction of sp³-hybridized carbons (Fsp3) is 0.500. The summed E-state index contributed by atoms with van der Waals surface area (Å²) in [5.41, 5.74) is 6.35. The summed E-state index contributed by atoms with van der Waals surface area (Å²) in [7, 11) is 0. The van der Waals surface area contributed by atoms with E-state index in [4.69, 9.17) is 5.73 Å². The van der Waals surface area contributed by atoms with Gasteiger partial charge in [0.05, 0.1) is 11.4 Å². The van der Waals surface area contributed by atoms with Crippen LogP contribution in [0.3, 0.4) is 0 Å². The van der Waals surface area contributed by atoms with E-state index in [1.165, 1.54) is 16.2 Å². The number of nitrogens with one attached hydrogen (secondary N) is 1. The first-order valence-electron chi connectivity index (χ1n) is 5.91. The van der Waals surface area contributed by atoms with Crippen LogP contribution in [0.5, 0.6) is 0 Å². The second-order valence-corrected chi connectivity index (χ2v) is 5.15. The lowest BCUT2D eigenvalue weighted by Gasteiger charge is -2.19. The van der Waals surface area contributed by atoms with Crippen LogP contribution < -0.4 is 11.1 Å². The molecule has 5 nitrogen and oxygen atoms in total. The third-order valence-electron chi connectivity index (χ3n) is 2.54. The molecule has 0 aliphatic rings. The fourth-order valence-corrected chi connectivity index (χ4v) is 2.42. The van der Waals surface area contributed by atoms with E-state index in [0.29, 0.717) is 23.7 Å². The lowest BCUT2D eigenvalue weighted by Crippen LogP contribution is -2.40. The maximum Gasteiger partial charge on any atom is 0.264 e. The van der Waals surface area contributed by atoms with Crippen LogP contribution in [0.1, 0.15) is 28.4 Å².